The molecule has 0 aromatic heterocycles. The molecule has 7 heteroatoms. The van der Waals surface area contributed by atoms with E-state index in [1.165, 1.54) is 6.07 Å². The third kappa shape index (κ3) is 3.36. The molecule has 112 valence electrons. The first-order valence-electron chi connectivity index (χ1n) is 6.79. The Morgan fingerprint density at radius 1 is 1.57 bits per heavy atom. The zero-order chi connectivity index (χ0) is 15.4. The SMILES string of the molecule is CC[C@H](C)NC(=O)[C@H]1CC(c2ccccc2[N+](=O)[O-])=NO1. The van der Waals surface area contributed by atoms with Gasteiger partial charge in [0.1, 0.15) is 0 Å². The van der Waals surface area contributed by atoms with Crippen LogP contribution in [0.2, 0.25) is 0 Å². The van der Waals surface area contributed by atoms with Crippen molar-refractivity contribution in [2.75, 3.05) is 0 Å². The molecule has 1 aromatic rings. The van der Waals surface area contributed by atoms with Crippen molar-refractivity contribution in [3.05, 3.63) is 39.9 Å². The predicted octanol–water partition coefficient (Wildman–Crippen LogP) is 2.00. The molecule has 0 aliphatic carbocycles. The molecule has 0 saturated heterocycles. The summed E-state index contributed by atoms with van der Waals surface area (Å²) in [6.07, 6.45) is 0.317. The molecule has 0 saturated carbocycles. The van der Waals surface area contributed by atoms with Gasteiger partial charge in [0.15, 0.2) is 0 Å². The van der Waals surface area contributed by atoms with E-state index in [1.807, 2.05) is 13.8 Å². The van der Waals surface area contributed by atoms with Crippen molar-refractivity contribution in [3.8, 4) is 0 Å². The molecule has 0 bridgehead atoms. The number of hydrogen-bond donors (Lipinski definition) is 1. The number of hydrogen-bond acceptors (Lipinski definition) is 5. The summed E-state index contributed by atoms with van der Waals surface area (Å²) in [5.74, 6) is -0.248. The molecule has 1 N–H and O–H groups in total. The molecule has 1 aliphatic heterocycles. The Morgan fingerprint density at radius 3 is 2.95 bits per heavy atom. The number of nitrogens with zero attached hydrogens (tertiary/aromatic N) is 2. The molecule has 0 unspecified atom stereocenters. The fourth-order valence-electron chi connectivity index (χ4n) is 1.99. The molecule has 1 aliphatic rings. The highest BCUT2D eigenvalue weighted by Crippen LogP contribution is 2.24. The lowest BCUT2D eigenvalue weighted by atomic mass is 10.0. The number of carbonyl (C=O) groups excluding carboxylic acids is 1. The van der Waals surface area contributed by atoms with Crippen LogP contribution in [0.1, 0.15) is 32.3 Å². The van der Waals surface area contributed by atoms with Crippen molar-refractivity contribution in [2.24, 2.45) is 5.16 Å². The number of para-hydroxylation sites is 1. The van der Waals surface area contributed by atoms with Crippen LogP contribution in [0.3, 0.4) is 0 Å². The number of carbonyl (C=O) groups is 1. The Balaban J connectivity index is 2.09. The second-order valence-corrected chi connectivity index (χ2v) is 4.93. The summed E-state index contributed by atoms with van der Waals surface area (Å²) in [5.41, 5.74) is 0.774. The van der Waals surface area contributed by atoms with Crippen LogP contribution in [0.25, 0.3) is 0 Å². The van der Waals surface area contributed by atoms with Crippen LogP contribution in [0, 0.1) is 10.1 Å². The minimum Gasteiger partial charge on any atom is -0.382 e. The average Bonchev–Trinajstić information content (AvgIpc) is 2.96. The van der Waals surface area contributed by atoms with Gasteiger partial charge in [-0.05, 0) is 19.4 Å². The van der Waals surface area contributed by atoms with E-state index in [9.17, 15) is 14.9 Å². The minimum absolute atomic E-state index is 0.0390. The van der Waals surface area contributed by atoms with Crippen LogP contribution in [0.5, 0.6) is 0 Å². The van der Waals surface area contributed by atoms with Crippen LogP contribution in [0.15, 0.2) is 29.4 Å². The molecule has 0 fully saturated rings. The Kier molecular flexibility index (Phi) is 4.52. The van der Waals surface area contributed by atoms with Gasteiger partial charge in [-0.15, -0.1) is 0 Å². The van der Waals surface area contributed by atoms with E-state index in [0.29, 0.717) is 11.3 Å². The molecule has 7 nitrogen and oxygen atoms in total. The Labute approximate surface area is 122 Å². The van der Waals surface area contributed by atoms with Crippen molar-refractivity contribution >= 4 is 17.3 Å². The highest BCUT2D eigenvalue weighted by molar-refractivity contribution is 6.06. The van der Waals surface area contributed by atoms with Crippen LogP contribution < -0.4 is 5.32 Å². The fraction of sp³-hybridized carbons (Fsp3) is 0.429. The number of oxime groups is 1. The van der Waals surface area contributed by atoms with Gasteiger partial charge in [-0.1, -0.05) is 24.2 Å². The van der Waals surface area contributed by atoms with E-state index in [-0.39, 0.29) is 24.1 Å². The molecule has 2 rings (SSSR count). The van der Waals surface area contributed by atoms with Crippen LogP contribution >= 0.6 is 0 Å². The van der Waals surface area contributed by atoms with E-state index in [0.717, 1.165) is 6.42 Å². The third-order valence-electron chi connectivity index (χ3n) is 3.37. The summed E-state index contributed by atoms with van der Waals surface area (Å²) < 4.78 is 0. The highest BCUT2D eigenvalue weighted by Gasteiger charge is 2.32. The largest absolute Gasteiger partial charge is 0.382 e. The summed E-state index contributed by atoms with van der Waals surface area (Å²) >= 11 is 0. The summed E-state index contributed by atoms with van der Waals surface area (Å²) in [7, 11) is 0. The topological polar surface area (TPSA) is 93.8 Å². The molecule has 0 radical (unpaired) electrons. The summed E-state index contributed by atoms with van der Waals surface area (Å²) in [5, 5.41) is 17.7. The number of nitro benzene ring substituents is 1. The molecule has 1 heterocycles. The monoisotopic (exact) mass is 291 g/mol. The number of nitrogens with one attached hydrogen (secondary N) is 1. The summed E-state index contributed by atoms with van der Waals surface area (Å²) in [4.78, 5) is 27.6. The molecule has 2 atom stereocenters. The zero-order valence-electron chi connectivity index (χ0n) is 11.9. The normalized spacial score (nSPS) is 18.6. The first-order valence-corrected chi connectivity index (χ1v) is 6.79. The molecule has 1 amide bonds. The van der Waals surface area contributed by atoms with Gasteiger partial charge in [0.05, 0.1) is 16.2 Å². The lowest BCUT2D eigenvalue weighted by Crippen LogP contribution is -2.39. The van der Waals surface area contributed by atoms with Gasteiger partial charge < -0.3 is 10.2 Å². The van der Waals surface area contributed by atoms with Gasteiger partial charge in [0.2, 0.25) is 6.10 Å². The van der Waals surface area contributed by atoms with Crippen molar-refractivity contribution in [1.82, 2.24) is 5.32 Å². The van der Waals surface area contributed by atoms with Crippen molar-refractivity contribution < 1.29 is 14.6 Å². The quantitative estimate of drug-likeness (QED) is 0.663. The van der Waals surface area contributed by atoms with Crippen molar-refractivity contribution in [3.63, 3.8) is 0 Å². The third-order valence-corrected chi connectivity index (χ3v) is 3.37. The van der Waals surface area contributed by atoms with Gasteiger partial charge in [-0.2, -0.15) is 0 Å². The van der Waals surface area contributed by atoms with Gasteiger partial charge in [-0.25, -0.2) is 0 Å². The van der Waals surface area contributed by atoms with Gasteiger partial charge in [-0.3, -0.25) is 14.9 Å². The number of amides is 1. The number of rotatable bonds is 5. The summed E-state index contributed by atoms with van der Waals surface area (Å²) in [6.45, 7) is 3.87. The molecule has 0 spiro atoms. The van der Waals surface area contributed by atoms with E-state index < -0.39 is 11.0 Å². The summed E-state index contributed by atoms with van der Waals surface area (Å²) in [6, 6.07) is 6.35. The highest BCUT2D eigenvalue weighted by atomic mass is 16.6. The first kappa shape index (κ1) is 15.0. The zero-order valence-corrected chi connectivity index (χ0v) is 11.9. The Hall–Kier alpha value is -2.44. The standard InChI is InChI=1S/C14H17N3O4/c1-3-9(2)15-14(18)13-8-11(16-21-13)10-6-4-5-7-12(10)17(19)20/h4-7,9,13H,3,8H2,1-2H3,(H,15,18)/t9-,13+/m0/s1. The maximum Gasteiger partial charge on any atom is 0.278 e. The minimum atomic E-state index is -0.728. The first-order chi connectivity index (χ1) is 10.0. The number of benzene rings is 1. The maximum absolute atomic E-state index is 12.0. The van der Waals surface area contributed by atoms with E-state index in [1.54, 1.807) is 18.2 Å². The lowest BCUT2D eigenvalue weighted by molar-refractivity contribution is -0.385. The van der Waals surface area contributed by atoms with Crippen LogP contribution in [-0.2, 0) is 9.63 Å². The van der Waals surface area contributed by atoms with E-state index >= 15 is 0 Å². The lowest BCUT2D eigenvalue weighted by Gasteiger charge is -2.14. The Bertz CT molecular complexity index is 585. The smallest absolute Gasteiger partial charge is 0.278 e. The van der Waals surface area contributed by atoms with Gasteiger partial charge in [0.25, 0.3) is 11.6 Å². The molecule has 21 heavy (non-hydrogen) atoms. The predicted molar refractivity (Wildman–Crippen MR) is 77.0 cm³/mol. The molecular weight excluding hydrogens is 274 g/mol. The fourth-order valence-corrected chi connectivity index (χ4v) is 1.99. The maximum atomic E-state index is 12.0. The second-order valence-electron chi connectivity index (χ2n) is 4.93. The molecular formula is C14H17N3O4. The Morgan fingerprint density at radius 2 is 2.29 bits per heavy atom. The molecule has 1 aromatic carbocycles. The van der Waals surface area contributed by atoms with Crippen molar-refractivity contribution in [2.45, 2.75) is 38.8 Å². The van der Waals surface area contributed by atoms with Crippen LogP contribution in [-0.4, -0.2) is 28.7 Å². The van der Waals surface area contributed by atoms with Gasteiger partial charge >= 0.3 is 0 Å². The van der Waals surface area contributed by atoms with E-state index in [2.05, 4.69) is 10.5 Å². The van der Waals surface area contributed by atoms with Crippen LogP contribution in [0.4, 0.5) is 5.69 Å². The number of nitro groups is 1. The van der Waals surface area contributed by atoms with Crippen molar-refractivity contribution in [1.29, 1.82) is 0 Å². The van der Waals surface area contributed by atoms with E-state index in [4.69, 9.17) is 4.84 Å². The second kappa shape index (κ2) is 6.34. The average molecular weight is 291 g/mol. The van der Waals surface area contributed by atoms with Gasteiger partial charge in [0, 0.05) is 18.5 Å².